The lowest BCUT2D eigenvalue weighted by atomic mass is 10.1. The predicted octanol–water partition coefficient (Wildman–Crippen LogP) is 1.90. The molecule has 0 aliphatic heterocycles. The van der Waals surface area contributed by atoms with Gasteiger partial charge in [0.2, 0.25) is 0 Å². The first-order chi connectivity index (χ1) is 7.18. The largest absolute Gasteiger partial charge is 0.469 e. The number of nitrogens with zero attached hydrogens (tertiary/aromatic N) is 1. The summed E-state index contributed by atoms with van der Waals surface area (Å²) in [6.07, 6.45) is 5.42. The highest BCUT2D eigenvalue weighted by Gasteiger charge is 2.27. The Morgan fingerprint density at radius 2 is 2.33 bits per heavy atom. The van der Waals surface area contributed by atoms with Crippen molar-refractivity contribution in [2.75, 3.05) is 7.05 Å². The monoisotopic (exact) mass is 208 g/mol. The van der Waals surface area contributed by atoms with E-state index in [0.717, 1.165) is 12.3 Å². The smallest absolute Gasteiger partial charge is 0.105 e. The highest BCUT2D eigenvalue weighted by molar-refractivity contribution is 5.15. The fourth-order valence-electron chi connectivity index (χ4n) is 2.48. The Bertz CT molecular complexity index is 321. The number of furan rings is 1. The molecule has 15 heavy (non-hydrogen) atoms. The third kappa shape index (κ3) is 2.24. The second kappa shape index (κ2) is 4.37. The first-order valence-electron chi connectivity index (χ1n) is 5.67. The Kier molecular flexibility index (Phi) is 3.12. The topological polar surface area (TPSA) is 42.4 Å². The summed E-state index contributed by atoms with van der Waals surface area (Å²) in [5, 5.41) is 0. The molecule has 2 rings (SSSR count). The summed E-state index contributed by atoms with van der Waals surface area (Å²) in [7, 11) is 2.16. The van der Waals surface area contributed by atoms with Gasteiger partial charge < -0.3 is 10.2 Å². The molecular formula is C12H20N2O. The Morgan fingerprint density at radius 1 is 1.53 bits per heavy atom. The standard InChI is InChI=1S/C12H20N2O/c1-9-10(6-7-15-9)8-14(2)12-5-3-4-11(12)13/h6-7,11-12H,3-5,8,13H2,1-2H3. The van der Waals surface area contributed by atoms with E-state index in [1.54, 1.807) is 6.26 Å². The molecule has 0 radical (unpaired) electrons. The number of nitrogens with two attached hydrogens (primary N) is 1. The van der Waals surface area contributed by atoms with E-state index in [4.69, 9.17) is 10.2 Å². The van der Waals surface area contributed by atoms with Gasteiger partial charge >= 0.3 is 0 Å². The molecule has 0 saturated heterocycles. The van der Waals surface area contributed by atoms with Gasteiger partial charge in [-0.05, 0) is 32.9 Å². The van der Waals surface area contributed by atoms with Crippen molar-refractivity contribution in [3.05, 3.63) is 23.7 Å². The predicted molar refractivity (Wildman–Crippen MR) is 60.5 cm³/mol. The van der Waals surface area contributed by atoms with Crippen molar-refractivity contribution in [1.82, 2.24) is 4.90 Å². The fraction of sp³-hybridized carbons (Fsp3) is 0.667. The number of hydrogen-bond donors (Lipinski definition) is 1. The summed E-state index contributed by atoms with van der Waals surface area (Å²) in [5.41, 5.74) is 7.36. The molecule has 2 atom stereocenters. The quantitative estimate of drug-likeness (QED) is 0.825. The average Bonchev–Trinajstić information content (AvgIpc) is 2.76. The molecule has 0 aromatic carbocycles. The second-order valence-corrected chi connectivity index (χ2v) is 4.58. The van der Waals surface area contributed by atoms with E-state index in [0.29, 0.717) is 12.1 Å². The molecule has 1 aliphatic rings. The van der Waals surface area contributed by atoms with E-state index < -0.39 is 0 Å². The van der Waals surface area contributed by atoms with Crippen molar-refractivity contribution >= 4 is 0 Å². The molecule has 1 aromatic heterocycles. The minimum absolute atomic E-state index is 0.349. The maximum absolute atomic E-state index is 6.08. The van der Waals surface area contributed by atoms with Crippen LogP contribution in [0.4, 0.5) is 0 Å². The first-order valence-corrected chi connectivity index (χ1v) is 5.67. The Morgan fingerprint density at radius 3 is 2.87 bits per heavy atom. The van der Waals surface area contributed by atoms with E-state index in [-0.39, 0.29) is 0 Å². The summed E-state index contributed by atoms with van der Waals surface area (Å²) >= 11 is 0. The summed E-state index contributed by atoms with van der Waals surface area (Å²) in [4.78, 5) is 2.36. The lowest BCUT2D eigenvalue weighted by Gasteiger charge is -2.27. The van der Waals surface area contributed by atoms with Crippen molar-refractivity contribution < 1.29 is 4.42 Å². The summed E-state index contributed by atoms with van der Waals surface area (Å²) < 4.78 is 5.30. The van der Waals surface area contributed by atoms with Crippen LogP contribution in [0.3, 0.4) is 0 Å². The van der Waals surface area contributed by atoms with Gasteiger partial charge in [-0.3, -0.25) is 4.90 Å². The zero-order valence-corrected chi connectivity index (χ0v) is 9.57. The van der Waals surface area contributed by atoms with E-state index in [1.165, 1.54) is 24.8 Å². The molecule has 1 aromatic rings. The molecule has 2 unspecified atom stereocenters. The highest BCUT2D eigenvalue weighted by atomic mass is 16.3. The van der Waals surface area contributed by atoms with Crippen LogP contribution >= 0.6 is 0 Å². The normalized spacial score (nSPS) is 26.4. The van der Waals surface area contributed by atoms with Gasteiger partial charge in [0.1, 0.15) is 5.76 Å². The minimum Gasteiger partial charge on any atom is -0.469 e. The third-order valence-corrected chi connectivity index (χ3v) is 3.48. The molecule has 0 bridgehead atoms. The van der Waals surface area contributed by atoms with Crippen molar-refractivity contribution in [2.45, 2.75) is 44.8 Å². The van der Waals surface area contributed by atoms with Crippen LogP contribution in [0.15, 0.2) is 16.7 Å². The van der Waals surface area contributed by atoms with Gasteiger partial charge in [0, 0.05) is 24.2 Å². The number of rotatable bonds is 3. The van der Waals surface area contributed by atoms with Gasteiger partial charge in [-0.2, -0.15) is 0 Å². The van der Waals surface area contributed by atoms with Crippen molar-refractivity contribution in [1.29, 1.82) is 0 Å². The SMILES string of the molecule is Cc1occc1CN(C)C1CCCC1N. The fourth-order valence-corrected chi connectivity index (χ4v) is 2.48. The van der Waals surface area contributed by atoms with Crippen LogP contribution in [0.2, 0.25) is 0 Å². The molecular weight excluding hydrogens is 188 g/mol. The van der Waals surface area contributed by atoms with Crippen molar-refractivity contribution in [3.63, 3.8) is 0 Å². The number of hydrogen-bond acceptors (Lipinski definition) is 3. The molecule has 0 amide bonds. The number of aryl methyl sites for hydroxylation is 1. The lowest BCUT2D eigenvalue weighted by molar-refractivity contribution is 0.219. The molecule has 1 saturated carbocycles. The lowest BCUT2D eigenvalue weighted by Crippen LogP contribution is -2.41. The second-order valence-electron chi connectivity index (χ2n) is 4.58. The summed E-state index contributed by atoms with van der Waals surface area (Å²) in [5.74, 6) is 1.02. The highest BCUT2D eigenvalue weighted by Crippen LogP contribution is 2.23. The molecule has 1 heterocycles. The van der Waals surface area contributed by atoms with Gasteiger partial charge in [-0.1, -0.05) is 6.42 Å². The molecule has 84 valence electrons. The van der Waals surface area contributed by atoms with Gasteiger partial charge in [0.15, 0.2) is 0 Å². The van der Waals surface area contributed by atoms with Crippen molar-refractivity contribution in [2.24, 2.45) is 5.73 Å². The Balaban J connectivity index is 1.97. The zero-order valence-electron chi connectivity index (χ0n) is 9.57. The molecule has 0 spiro atoms. The molecule has 1 fully saturated rings. The number of likely N-dealkylation sites (N-methyl/N-ethyl adjacent to an activating group) is 1. The van der Waals surface area contributed by atoms with E-state index >= 15 is 0 Å². The molecule has 1 aliphatic carbocycles. The van der Waals surface area contributed by atoms with Gasteiger partial charge in [-0.15, -0.1) is 0 Å². The Hall–Kier alpha value is -0.800. The summed E-state index contributed by atoms with van der Waals surface area (Å²) in [6.45, 7) is 2.96. The van der Waals surface area contributed by atoms with Crippen molar-refractivity contribution in [3.8, 4) is 0 Å². The summed E-state index contributed by atoms with van der Waals surface area (Å²) in [6, 6.07) is 2.94. The minimum atomic E-state index is 0.349. The maximum Gasteiger partial charge on any atom is 0.105 e. The van der Waals surface area contributed by atoms with Crippen LogP contribution in [0.1, 0.15) is 30.6 Å². The van der Waals surface area contributed by atoms with Gasteiger partial charge in [0.25, 0.3) is 0 Å². The van der Waals surface area contributed by atoms with Crippen LogP contribution in [0.25, 0.3) is 0 Å². The molecule has 3 heteroatoms. The first kappa shape index (κ1) is 10.7. The van der Waals surface area contributed by atoms with E-state index in [2.05, 4.69) is 11.9 Å². The van der Waals surface area contributed by atoms with Gasteiger partial charge in [-0.25, -0.2) is 0 Å². The van der Waals surface area contributed by atoms with Crippen LogP contribution < -0.4 is 5.73 Å². The van der Waals surface area contributed by atoms with Crippen LogP contribution in [-0.2, 0) is 6.54 Å². The van der Waals surface area contributed by atoms with Crippen LogP contribution in [0.5, 0.6) is 0 Å². The van der Waals surface area contributed by atoms with Crippen LogP contribution in [0, 0.1) is 6.92 Å². The van der Waals surface area contributed by atoms with Gasteiger partial charge in [0.05, 0.1) is 6.26 Å². The third-order valence-electron chi connectivity index (χ3n) is 3.48. The zero-order chi connectivity index (χ0) is 10.8. The van der Waals surface area contributed by atoms with Crippen LogP contribution in [-0.4, -0.2) is 24.0 Å². The van der Waals surface area contributed by atoms with E-state index in [9.17, 15) is 0 Å². The molecule has 3 nitrogen and oxygen atoms in total. The maximum atomic E-state index is 6.08. The average molecular weight is 208 g/mol. The van der Waals surface area contributed by atoms with E-state index in [1.807, 2.05) is 13.0 Å². The molecule has 2 N–H and O–H groups in total. The Labute approximate surface area is 91.2 Å².